The first-order chi connectivity index (χ1) is 7.99. The molecule has 1 aliphatic rings. The molecule has 1 saturated carbocycles. The molecule has 3 N–H and O–H groups in total. The lowest BCUT2D eigenvalue weighted by atomic mass is 9.82. The summed E-state index contributed by atoms with van der Waals surface area (Å²) in [5, 5.41) is 18.3. The summed E-state index contributed by atoms with van der Waals surface area (Å²) in [6, 6.07) is 0. The minimum absolute atomic E-state index is 0.234. The number of aromatic nitrogens is 2. The molecule has 0 aliphatic heterocycles. The van der Waals surface area contributed by atoms with Gasteiger partial charge in [-0.25, -0.2) is 0 Å². The van der Waals surface area contributed by atoms with Gasteiger partial charge in [0.15, 0.2) is 4.34 Å². The third-order valence-corrected chi connectivity index (χ3v) is 5.13. The van der Waals surface area contributed by atoms with E-state index in [1.165, 1.54) is 0 Å². The molecule has 7 heteroatoms. The fraction of sp³-hybridized carbons (Fsp3) is 0.700. The smallest absolute Gasteiger partial charge is 0.323 e. The van der Waals surface area contributed by atoms with Crippen LogP contribution in [0.1, 0.15) is 30.7 Å². The van der Waals surface area contributed by atoms with Crippen molar-refractivity contribution in [1.29, 1.82) is 0 Å². The van der Waals surface area contributed by atoms with Crippen LogP contribution in [0.4, 0.5) is 0 Å². The molecule has 5 nitrogen and oxygen atoms in total. The lowest BCUT2D eigenvalue weighted by Gasteiger charge is -2.33. The Kier molecular flexibility index (Phi) is 3.70. The Balaban J connectivity index is 2.00. The highest BCUT2D eigenvalue weighted by molar-refractivity contribution is 8.01. The normalized spacial score (nSPS) is 29.2. The van der Waals surface area contributed by atoms with Crippen molar-refractivity contribution in [1.82, 2.24) is 10.2 Å². The Morgan fingerprint density at radius 3 is 3.00 bits per heavy atom. The predicted molar refractivity (Wildman–Crippen MR) is 67.3 cm³/mol. The summed E-state index contributed by atoms with van der Waals surface area (Å²) in [7, 11) is 0. The number of hydrogen-bond donors (Lipinski definition) is 2. The molecule has 1 fully saturated rings. The SMILES string of the molecule is Cc1nnc(SC2CCCC(N)(C(=O)O)C2)s1. The Bertz CT molecular complexity index is 423. The summed E-state index contributed by atoms with van der Waals surface area (Å²) in [6.07, 6.45) is 2.92. The van der Waals surface area contributed by atoms with Gasteiger partial charge in [-0.15, -0.1) is 10.2 Å². The lowest BCUT2D eigenvalue weighted by Crippen LogP contribution is -2.51. The van der Waals surface area contributed by atoms with Crippen LogP contribution in [-0.2, 0) is 4.79 Å². The third-order valence-electron chi connectivity index (χ3n) is 2.94. The number of hydrogen-bond acceptors (Lipinski definition) is 6. The zero-order valence-corrected chi connectivity index (χ0v) is 11.2. The van der Waals surface area contributed by atoms with Gasteiger partial charge in [0.2, 0.25) is 0 Å². The fourth-order valence-electron chi connectivity index (χ4n) is 2.02. The minimum Gasteiger partial charge on any atom is -0.480 e. The number of nitrogens with zero attached hydrogens (tertiary/aromatic N) is 2. The second-order valence-electron chi connectivity index (χ2n) is 4.38. The average Bonchev–Trinajstić information content (AvgIpc) is 2.64. The fourth-order valence-corrected chi connectivity index (χ4v) is 4.44. The molecule has 2 rings (SSSR count). The number of rotatable bonds is 3. The highest BCUT2D eigenvalue weighted by Gasteiger charge is 2.39. The van der Waals surface area contributed by atoms with Gasteiger partial charge in [-0.2, -0.15) is 0 Å². The van der Waals surface area contributed by atoms with E-state index in [1.54, 1.807) is 23.1 Å². The van der Waals surface area contributed by atoms with Gasteiger partial charge in [-0.05, 0) is 32.6 Å². The summed E-state index contributed by atoms with van der Waals surface area (Å²) in [6.45, 7) is 1.91. The second-order valence-corrected chi connectivity index (χ2v) is 7.11. The van der Waals surface area contributed by atoms with Crippen LogP contribution < -0.4 is 5.73 Å². The average molecular weight is 273 g/mol. The van der Waals surface area contributed by atoms with E-state index in [0.29, 0.717) is 12.8 Å². The third kappa shape index (κ3) is 2.97. The Hall–Kier alpha value is -0.660. The maximum Gasteiger partial charge on any atom is 0.323 e. The van der Waals surface area contributed by atoms with Crippen LogP contribution in [0.3, 0.4) is 0 Å². The summed E-state index contributed by atoms with van der Waals surface area (Å²) >= 11 is 3.15. The zero-order chi connectivity index (χ0) is 12.5. The van der Waals surface area contributed by atoms with Gasteiger partial charge in [0.05, 0.1) is 0 Å². The van der Waals surface area contributed by atoms with Crippen LogP contribution in [0.2, 0.25) is 0 Å². The van der Waals surface area contributed by atoms with Crippen LogP contribution >= 0.6 is 23.1 Å². The van der Waals surface area contributed by atoms with Crippen LogP contribution in [0.15, 0.2) is 4.34 Å². The topological polar surface area (TPSA) is 89.1 Å². The lowest BCUT2D eigenvalue weighted by molar-refractivity contribution is -0.144. The van der Waals surface area contributed by atoms with Gasteiger partial charge < -0.3 is 10.8 Å². The van der Waals surface area contributed by atoms with Crippen LogP contribution in [0.25, 0.3) is 0 Å². The number of aliphatic carboxylic acids is 1. The van der Waals surface area contributed by atoms with Gasteiger partial charge in [-0.3, -0.25) is 4.79 Å². The number of carbonyl (C=O) groups is 1. The first-order valence-corrected chi connectivity index (χ1v) is 7.18. The number of carboxylic acid groups (broad SMARTS) is 1. The van der Waals surface area contributed by atoms with Crippen molar-refractivity contribution in [2.45, 2.75) is 47.7 Å². The van der Waals surface area contributed by atoms with Gasteiger partial charge in [0.1, 0.15) is 10.5 Å². The molecule has 17 heavy (non-hydrogen) atoms. The number of thioether (sulfide) groups is 1. The molecule has 0 spiro atoms. The molecule has 1 aromatic heterocycles. The number of nitrogens with two attached hydrogens (primary N) is 1. The Labute approximate surface area is 108 Å². The summed E-state index contributed by atoms with van der Waals surface area (Å²) in [5.74, 6) is -0.892. The first-order valence-electron chi connectivity index (χ1n) is 5.49. The van der Waals surface area contributed by atoms with E-state index in [1.807, 2.05) is 6.92 Å². The van der Waals surface area contributed by atoms with E-state index in [-0.39, 0.29) is 5.25 Å². The maximum absolute atomic E-state index is 11.1. The van der Waals surface area contributed by atoms with Gasteiger partial charge in [0, 0.05) is 5.25 Å². The second kappa shape index (κ2) is 4.91. The van der Waals surface area contributed by atoms with Gasteiger partial charge in [-0.1, -0.05) is 23.1 Å². The standard InChI is InChI=1S/C10H15N3O2S2/c1-6-12-13-9(16-6)17-7-3-2-4-10(11,5-7)8(14)15/h7H,2-5,11H2,1H3,(H,14,15). The summed E-state index contributed by atoms with van der Waals surface area (Å²) < 4.78 is 0.905. The number of aryl methyl sites for hydroxylation is 1. The van der Waals surface area contributed by atoms with Crippen LogP contribution in [0.5, 0.6) is 0 Å². The van der Waals surface area contributed by atoms with E-state index in [9.17, 15) is 4.79 Å². The largest absolute Gasteiger partial charge is 0.480 e. The molecule has 0 radical (unpaired) electrons. The van der Waals surface area contributed by atoms with Crippen LogP contribution in [0, 0.1) is 6.92 Å². The molecule has 0 amide bonds. The highest BCUT2D eigenvalue weighted by Crippen LogP contribution is 2.38. The minimum atomic E-state index is -1.06. The quantitative estimate of drug-likeness (QED) is 0.870. The molecule has 94 valence electrons. The van der Waals surface area contributed by atoms with E-state index in [2.05, 4.69) is 10.2 Å². The van der Waals surface area contributed by atoms with E-state index < -0.39 is 11.5 Å². The maximum atomic E-state index is 11.1. The molecule has 0 bridgehead atoms. The molecular weight excluding hydrogens is 258 g/mol. The Morgan fingerprint density at radius 2 is 2.41 bits per heavy atom. The number of carboxylic acids is 1. The van der Waals surface area contributed by atoms with E-state index >= 15 is 0 Å². The molecule has 1 aromatic rings. The molecule has 1 heterocycles. The van der Waals surface area contributed by atoms with Crippen molar-refractivity contribution >= 4 is 29.1 Å². The van der Waals surface area contributed by atoms with Crippen molar-refractivity contribution < 1.29 is 9.90 Å². The molecular formula is C10H15N3O2S2. The first kappa shape index (κ1) is 12.8. The van der Waals surface area contributed by atoms with Gasteiger partial charge in [0.25, 0.3) is 0 Å². The molecule has 1 aliphatic carbocycles. The Morgan fingerprint density at radius 1 is 1.65 bits per heavy atom. The molecule has 0 aromatic carbocycles. The van der Waals surface area contributed by atoms with Gasteiger partial charge >= 0.3 is 5.97 Å². The highest BCUT2D eigenvalue weighted by atomic mass is 32.2. The monoisotopic (exact) mass is 273 g/mol. The van der Waals surface area contributed by atoms with E-state index in [0.717, 1.165) is 22.2 Å². The summed E-state index contributed by atoms with van der Waals surface area (Å²) in [5.41, 5.74) is 4.85. The van der Waals surface area contributed by atoms with Crippen molar-refractivity contribution in [3.05, 3.63) is 5.01 Å². The predicted octanol–water partition coefficient (Wildman–Crippen LogP) is 1.66. The van der Waals surface area contributed by atoms with E-state index in [4.69, 9.17) is 10.8 Å². The molecule has 2 unspecified atom stereocenters. The van der Waals surface area contributed by atoms with Crippen molar-refractivity contribution in [3.63, 3.8) is 0 Å². The zero-order valence-electron chi connectivity index (χ0n) is 9.55. The molecule has 2 atom stereocenters. The van der Waals surface area contributed by atoms with Crippen molar-refractivity contribution in [2.24, 2.45) is 5.73 Å². The molecule has 0 saturated heterocycles. The van der Waals surface area contributed by atoms with Crippen LogP contribution in [-0.4, -0.2) is 32.1 Å². The summed E-state index contributed by atoms with van der Waals surface area (Å²) in [4.78, 5) is 11.1. The van der Waals surface area contributed by atoms with Crippen molar-refractivity contribution in [3.8, 4) is 0 Å². The van der Waals surface area contributed by atoms with Crippen molar-refractivity contribution in [2.75, 3.05) is 0 Å².